The van der Waals surface area contributed by atoms with Gasteiger partial charge in [-0.15, -0.1) is 0 Å². The third kappa shape index (κ3) is 4.24. The monoisotopic (exact) mass is 260 g/mol. The van der Waals surface area contributed by atoms with Gasteiger partial charge in [-0.25, -0.2) is 0 Å². The van der Waals surface area contributed by atoms with Crippen LogP contribution < -0.4 is 10.2 Å². The van der Waals surface area contributed by atoms with Crippen LogP contribution in [0.5, 0.6) is 0 Å². The summed E-state index contributed by atoms with van der Waals surface area (Å²) in [5.74, 6) is 0.953. The van der Waals surface area contributed by atoms with Gasteiger partial charge in [0.05, 0.1) is 0 Å². The first kappa shape index (κ1) is 14.4. The van der Waals surface area contributed by atoms with E-state index in [1.807, 2.05) is 0 Å². The molecular weight excluding hydrogens is 232 g/mol. The largest absolute Gasteiger partial charge is 0.372 e. The number of benzene rings is 1. The summed E-state index contributed by atoms with van der Waals surface area (Å²) in [5, 5.41) is 3.45. The summed E-state index contributed by atoms with van der Waals surface area (Å²) in [4.78, 5) is 2.54. The third-order valence-corrected chi connectivity index (χ3v) is 4.25. The highest BCUT2D eigenvalue weighted by Gasteiger charge is 2.17. The van der Waals surface area contributed by atoms with E-state index in [4.69, 9.17) is 0 Å². The van der Waals surface area contributed by atoms with E-state index in [0.717, 1.165) is 19.0 Å². The molecule has 1 fully saturated rings. The molecule has 0 amide bonds. The van der Waals surface area contributed by atoms with Crippen molar-refractivity contribution in [2.75, 3.05) is 24.5 Å². The van der Waals surface area contributed by atoms with Crippen molar-refractivity contribution in [1.29, 1.82) is 0 Å². The molecule has 0 aliphatic carbocycles. The lowest BCUT2D eigenvalue weighted by atomic mass is 9.94. The number of nitrogens with one attached hydrogen (secondary N) is 1. The Morgan fingerprint density at radius 2 is 1.79 bits per heavy atom. The van der Waals surface area contributed by atoms with Crippen molar-refractivity contribution in [3.8, 4) is 0 Å². The van der Waals surface area contributed by atoms with E-state index in [9.17, 15) is 0 Å². The molecule has 0 spiro atoms. The molecule has 1 aromatic carbocycles. The zero-order valence-corrected chi connectivity index (χ0v) is 12.5. The Morgan fingerprint density at radius 3 is 2.37 bits per heavy atom. The number of nitrogens with zero attached hydrogens (tertiary/aromatic N) is 1. The molecule has 0 saturated carbocycles. The van der Waals surface area contributed by atoms with E-state index < -0.39 is 0 Å². The molecule has 1 N–H and O–H groups in total. The summed E-state index contributed by atoms with van der Waals surface area (Å²) >= 11 is 0. The average molecular weight is 260 g/mol. The number of rotatable bonds is 6. The summed E-state index contributed by atoms with van der Waals surface area (Å²) in [6.07, 6.45) is 5.26. The molecule has 1 aliphatic rings. The van der Waals surface area contributed by atoms with Crippen molar-refractivity contribution in [3.63, 3.8) is 0 Å². The minimum absolute atomic E-state index is 0.953. The van der Waals surface area contributed by atoms with Gasteiger partial charge in [-0.05, 0) is 49.4 Å². The average Bonchev–Trinajstić information content (AvgIpc) is 2.48. The van der Waals surface area contributed by atoms with Crippen LogP contribution in [-0.4, -0.2) is 19.6 Å². The smallest absolute Gasteiger partial charge is 0.0366 e. The van der Waals surface area contributed by atoms with Crippen molar-refractivity contribution in [1.82, 2.24) is 5.32 Å². The Kier molecular flexibility index (Phi) is 5.71. The number of hydrogen-bond acceptors (Lipinski definition) is 2. The van der Waals surface area contributed by atoms with Crippen molar-refractivity contribution in [2.45, 2.75) is 46.1 Å². The minimum Gasteiger partial charge on any atom is -0.372 e. The van der Waals surface area contributed by atoms with Crippen molar-refractivity contribution in [3.05, 3.63) is 29.8 Å². The standard InChI is InChI=1S/C17H28N2/c1-3-11-18-14-16-5-7-17(8-6-16)19-12-9-15(4-2)10-13-19/h5-8,15,18H,3-4,9-14H2,1-2H3. The van der Waals surface area contributed by atoms with Gasteiger partial charge in [0.15, 0.2) is 0 Å². The SMILES string of the molecule is CCCNCc1ccc(N2CCC(CC)CC2)cc1. The van der Waals surface area contributed by atoms with Crippen LogP contribution in [0, 0.1) is 5.92 Å². The van der Waals surface area contributed by atoms with Gasteiger partial charge in [0.2, 0.25) is 0 Å². The van der Waals surface area contributed by atoms with Crippen molar-refractivity contribution in [2.24, 2.45) is 5.92 Å². The Balaban J connectivity index is 1.84. The van der Waals surface area contributed by atoms with Crippen LogP contribution in [0.25, 0.3) is 0 Å². The van der Waals surface area contributed by atoms with Crippen LogP contribution in [0.1, 0.15) is 45.1 Å². The van der Waals surface area contributed by atoms with Gasteiger partial charge in [-0.3, -0.25) is 0 Å². The zero-order valence-electron chi connectivity index (χ0n) is 12.5. The molecule has 2 heteroatoms. The fraction of sp³-hybridized carbons (Fsp3) is 0.647. The van der Waals surface area contributed by atoms with Crippen LogP contribution in [0.4, 0.5) is 5.69 Å². The summed E-state index contributed by atoms with van der Waals surface area (Å²) in [7, 11) is 0. The molecule has 0 bridgehead atoms. The van der Waals surface area contributed by atoms with Gasteiger partial charge in [0.25, 0.3) is 0 Å². The van der Waals surface area contributed by atoms with Crippen LogP contribution in [-0.2, 0) is 6.54 Å². The van der Waals surface area contributed by atoms with E-state index in [2.05, 4.69) is 48.3 Å². The Hall–Kier alpha value is -1.02. The van der Waals surface area contributed by atoms with Gasteiger partial charge < -0.3 is 10.2 Å². The molecule has 2 nitrogen and oxygen atoms in total. The van der Waals surface area contributed by atoms with E-state index in [0.29, 0.717) is 0 Å². The van der Waals surface area contributed by atoms with Gasteiger partial charge in [-0.2, -0.15) is 0 Å². The molecule has 1 aliphatic heterocycles. The van der Waals surface area contributed by atoms with Gasteiger partial charge in [0, 0.05) is 25.3 Å². The lowest BCUT2D eigenvalue weighted by molar-refractivity contribution is 0.395. The maximum Gasteiger partial charge on any atom is 0.0366 e. The summed E-state index contributed by atoms with van der Waals surface area (Å²) in [6, 6.07) is 9.11. The summed E-state index contributed by atoms with van der Waals surface area (Å²) in [6.45, 7) is 9.07. The second-order valence-corrected chi connectivity index (χ2v) is 5.68. The summed E-state index contributed by atoms with van der Waals surface area (Å²) in [5.41, 5.74) is 2.79. The first-order valence-corrected chi connectivity index (χ1v) is 7.88. The quantitative estimate of drug-likeness (QED) is 0.782. The van der Waals surface area contributed by atoms with E-state index in [1.165, 1.54) is 50.0 Å². The second-order valence-electron chi connectivity index (χ2n) is 5.68. The predicted octanol–water partition coefficient (Wildman–Crippen LogP) is 3.81. The molecule has 0 aromatic heterocycles. The third-order valence-electron chi connectivity index (χ3n) is 4.25. The first-order chi connectivity index (χ1) is 9.33. The van der Waals surface area contributed by atoms with Gasteiger partial charge in [-0.1, -0.05) is 32.4 Å². The lowest BCUT2D eigenvalue weighted by Gasteiger charge is -2.33. The van der Waals surface area contributed by atoms with Crippen LogP contribution >= 0.6 is 0 Å². The van der Waals surface area contributed by atoms with Crippen molar-refractivity contribution >= 4 is 5.69 Å². The molecule has 1 saturated heterocycles. The summed E-state index contributed by atoms with van der Waals surface area (Å²) < 4.78 is 0. The predicted molar refractivity (Wildman–Crippen MR) is 83.7 cm³/mol. The van der Waals surface area contributed by atoms with Gasteiger partial charge >= 0.3 is 0 Å². The van der Waals surface area contributed by atoms with Crippen LogP contribution in [0.2, 0.25) is 0 Å². The molecule has 1 heterocycles. The molecule has 0 unspecified atom stereocenters. The lowest BCUT2D eigenvalue weighted by Crippen LogP contribution is -2.33. The molecule has 2 rings (SSSR count). The molecule has 1 aromatic rings. The highest BCUT2D eigenvalue weighted by atomic mass is 15.1. The Labute approximate surface area is 118 Å². The Morgan fingerprint density at radius 1 is 1.11 bits per heavy atom. The number of piperidine rings is 1. The number of anilines is 1. The zero-order chi connectivity index (χ0) is 13.5. The molecular formula is C17H28N2. The van der Waals surface area contributed by atoms with Crippen molar-refractivity contribution < 1.29 is 0 Å². The second kappa shape index (κ2) is 7.54. The minimum atomic E-state index is 0.953. The highest BCUT2D eigenvalue weighted by Crippen LogP contribution is 2.25. The number of hydrogen-bond donors (Lipinski definition) is 1. The topological polar surface area (TPSA) is 15.3 Å². The molecule has 106 valence electrons. The molecule has 0 radical (unpaired) electrons. The fourth-order valence-electron chi connectivity index (χ4n) is 2.83. The van der Waals surface area contributed by atoms with E-state index >= 15 is 0 Å². The highest BCUT2D eigenvalue weighted by molar-refractivity contribution is 5.47. The fourth-order valence-corrected chi connectivity index (χ4v) is 2.83. The maximum absolute atomic E-state index is 3.45. The van der Waals surface area contributed by atoms with E-state index in [-0.39, 0.29) is 0 Å². The van der Waals surface area contributed by atoms with Crippen LogP contribution in [0.3, 0.4) is 0 Å². The van der Waals surface area contributed by atoms with Crippen LogP contribution in [0.15, 0.2) is 24.3 Å². The first-order valence-electron chi connectivity index (χ1n) is 7.88. The molecule has 0 atom stereocenters. The molecule has 19 heavy (non-hydrogen) atoms. The normalized spacial score (nSPS) is 16.8. The maximum atomic E-state index is 3.45. The Bertz CT molecular complexity index is 350. The van der Waals surface area contributed by atoms with E-state index in [1.54, 1.807) is 0 Å². The van der Waals surface area contributed by atoms with Gasteiger partial charge in [0.1, 0.15) is 0 Å².